The van der Waals surface area contributed by atoms with Gasteiger partial charge in [0.25, 0.3) is 16.9 Å². The fraction of sp³-hybridized carbons (Fsp3) is 0.545. The number of halogens is 14. The van der Waals surface area contributed by atoms with Crippen LogP contribution in [-0.4, -0.2) is 59.5 Å². The van der Waals surface area contributed by atoms with Gasteiger partial charge in [0.15, 0.2) is 0 Å². The van der Waals surface area contributed by atoms with Gasteiger partial charge in [-0.1, -0.05) is 0 Å². The molecule has 0 radical (unpaired) electrons. The first-order chi connectivity index (χ1) is 14.3. The third kappa shape index (κ3) is 4.53. The quantitative estimate of drug-likeness (QED) is 0.146. The molecule has 0 aromatic rings. The number of nitro groups is 2. The molecule has 8 nitrogen and oxygen atoms in total. The topological polar surface area (TPSA) is 127 Å². The SMILES string of the molecule is O=[N+]([O-])C1=C(C(O)(C(F)(F)F)C(F)(F)F)C(I)=C([N+](=O)[O-])C(C(O)(C(F)(F)F)C(F)(F)F)=I1. The van der Waals surface area contributed by atoms with E-state index in [1.165, 1.54) is 0 Å². The molecule has 0 saturated heterocycles. The van der Waals surface area contributed by atoms with E-state index in [0.717, 1.165) is 0 Å². The van der Waals surface area contributed by atoms with Crippen molar-refractivity contribution >= 4 is 46.8 Å². The van der Waals surface area contributed by atoms with Crippen LogP contribution in [0, 0.1) is 20.2 Å². The van der Waals surface area contributed by atoms with Crippen LogP contribution in [0.4, 0.5) is 52.7 Å². The second kappa shape index (κ2) is 8.42. The lowest BCUT2D eigenvalue weighted by Gasteiger charge is -2.36. The van der Waals surface area contributed by atoms with Crippen molar-refractivity contribution in [3.05, 3.63) is 38.8 Å². The minimum absolute atomic E-state index is 0.0281. The molecule has 1 rings (SSSR count). The van der Waals surface area contributed by atoms with Crippen molar-refractivity contribution < 1.29 is 72.7 Å². The molecule has 0 aromatic carbocycles. The Hall–Kier alpha value is -1.31. The van der Waals surface area contributed by atoms with Crippen molar-refractivity contribution in [2.75, 3.05) is 0 Å². The summed E-state index contributed by atoms with van der Waals surface area (Å²) in [6.45, 7) is 0. The van der Waals surface area contributed by atoms with Crippen molar-refractivity contribution in [2.45, 2.75) is 35.9 Å². The maximum absolute atomic E-state index is 13.2. The van der Waals surface area contributed by atoms with Gasteiger partial charge in [-0.2, -0.15) is 52.7 Å². The van der Waals surface area contributed by atoms with Crippen LogP contribution >= 0.6 is 43.3 Å². The Morgan fingerprint density at radius 2 is 1.03 bits per heavy atom. The molecule has 0 unspecified atom stereocenters. The second-order valence-corrected chi connectivity index (χ2v) is 9.38. The van der Waals surface area contributed by atoms with E-state index >= 15 is 0 Å². The monoisotopic (exact) mass is 740 g/mol. The fourth-order valence-corrected chi connectivity index (χ4v) is 7.68. The molecule has 0 amide bonds. The minimum atomic E-state index is -6.94. The van der Waals surface area contributed by atoms with E-state index in [4.69, 9.17) is 0 Å². The summed E-state index contributed by atoms with van der Waals surface area (Å²) in [6, 6.07) is 0. The molecule has 0 spiro atoms. The molecule has 0 aromatic heterocycles. The average Bonchev–Trinajstić information content (AvgIpc) is 2.54. The van der Waals surface area contributed by atoms with Gasteiger partial charge in [-0.3, -0.25) is 20.2 Å². The van der Waals surface area contributed by atoms with E-state index in [1.54, 1.807) is 0 Å². The summed E-state index contributed by atoms with van der Waals surface area (Å²) in [5.74, 6) is 0. The molecule has 1 aliphatic heterocycles. The summed E-state index contributed by atoms with van der Waals surface area (Å²) in [5.41, 5.74) is -18.3. The normalized spacial score (nSPS) is 17.6. The molecule has 2 N–H and O–H groups in total. The molecule has 0 saturated carbocycles. The van der Waals surface area contributed by atoms with E-state index in [0.29, 0.717) is 0 Å². The second-order valence-electron chi connectivity index (χ2n) is 5.66. The highest BCUT2D eigenvalue weighted by Gasteiger charge is 2.78. The van der Waals surface area contributed by atoms with Gasteiger partial charge in [-0.05, 0) is 22.6 Å². The molecule has 1 aliphatic rings. The van der Waals surface area contributed by atoms with E-state index < -0.39 is 88.5 Å². The number of nitrogens with zero attached hydrogens (tertiary/aromatic N) is 2. The minimum Gasteiger partial charge on any atom is -0.369 e. The molecule has 0 bridgehead atoms. The molecule has 0 atom stereocenters. The highest BCUT2D eigenvalue weighted by Crippen LogP contribution is 2.57. The maximum atomic E-state index is 13.2. The van der Waals surface area contributed by atoms with Crippen molar-refractivity contribution in [3.63, 3.8) is 0 Å². The Morgan fingerprint density at radius 1 is 0.697 bits per heavy atom. The third-order valence-corrected chi connectivity index (χ3v) is 8.01. The zero-order valence-corrected chi connectivity index (χ0v) is 18.5. The maximum Gasteiger partial charge on any atom is 0.431 e. The number of aliphatic hydroxyl groups is 2. The number of rotatable bonds is 4. The van der Waals surface area contributed by atoms with Crippen molar-refractivity contribution in [2.24, 2.45) is 0 Å². The summed E-state index contributed by atoms with van der Waals surface area (Å²) < 4.78 is 150. The van der Waals surface area contributed by atoms with Crippen molar-refractivity contribution in [3.8, 4) is 0 Å². The summed E-state index contributed by atoms with van der Waals surface area (Å²) in [6.07, 6.45) is -27.7. The highest BCUT2D eigenvalue weighted by molar-refractivity contribution is 14.2. The van der Waals surface area contributed by atoms with Crippen LogP contribution in [0.25, 0.3) is 0 Å². The predicted molar refractivity (Wildman–Crippen MR) is 95.2 cm³/mol. The summed E-state index contributed by atoms with van der Waals surface area (Å²) in [4.78, 5) is 17.8. The highest BCUT2D eigenvalue weighted by atomic mass is 127. The first-order valence-corrected chi connectivity index (χ1v) is 10.2. The molecule has 0 aliphatic carbocycles. The van der Waals surface area contributed by atoms with Gasteiger partial charge in [0, 0.05) is 20.7 Å². The molecular weight excluding hydrogens is 738 g/mol. The standard InChI is InChI=1S/C11H2F12I2N2O6/c12-8(13,14)6(28,9(15,16)17)1-2(24)3(26(30)31)4(25-5(1)27(32)33)7(29,10(18,19)20)11(21,22)23/h28-29H. The van der Waals surface area contributed by atoms with Crippen LogP contribution in [0.15, 0.2) is 18.6 Å². The lowest BCUT2D eigenvalue weighted by Crippen LogP contribution is -2.63. The molecule has 22 heteroatoms. The van der Waals surface area contributed by atoms with Gasteiger partial charge in [0.05, 0.1) is 9.85 Å². The molecule has 190 valence electrons. The smallest absolute Gasteiger partial charge is 0.369 e. The van der Waals surface area contributed by atoms with Gasteiger partial charge in [-0.15, -0.1) is 0 Å². The third-order valence-electron chi connectivity index (χ3n) is 3.69. The van der Waals surface area contributed by atoms with Gasteiger partial charge in [0.2, 0.25) is 0 Å². The van der Waals surface area contributed by atoms with Crippen LogP contribution in [0.1, 0.15) is 0 Å². The average molecular weight is 740 g/mol. The zero-order valence-electron chi connectivity index (χ0n) is 14.2. The van der Waals surface area contributed by atoms with Gasteiger partial charge >= 0.3 is 28.4 Å². The Labute approximate surface area is 194 Å². The largest absolute Gasteiger partial charge is 0.431 e. The molecule has 0 fully saturated rings. The number of hydrogen-bond acceptors (Lipinski definition) is 6. The first-order valence-electron chi connectivity index (χ1n) is 6.96. The van der Waals surface area contributed by atoms with E-state index in [9.17, 15) is 83.1 Å². The summed E-state index contributed by atoms with van der Waals surface area (Å²) >= 11 is -4.21. The van der Waals surface area contributed by atoms with E-state index in [1.807, 2.05) is 0 Å². The lowest BCUT2D eigenvalue weighted by atomic mass is 9.89. The van der Waals surface area contributed by atoms with Gasteiger partial charge < -0.3 is 10.2 Å². The van der Waals surface area contributed by atoms with Crippen LogP contribution in [-0.2, 0) is 0 Å². The first kappa shape index (κ1) is 29.7. The van der Waals surface area contributed by atoms with Gasteiger partial charge in [0.1, 0.15) is 12.7 Å². The van der Waals surface area contributed by atoms with E-state index in [-0.39, 0.29) is 22.6 Å². The van der Waals surface area contributed by atoms with Crippen molar-refractivity contribution in [1.82, 2.24) is 0 Å². The zero-order chi connectivity index (χ0) is 26.7. The summed E-state index contributed by atoms with van der Waals surface area (Å²) in [7, 11) is 0. The summed E-state index contributed by atoms with van der Waals surface area (Å²) in [5, 5.41) is 41.2. The number of alkyl halides is 12. The Bertz CT molecular complexity index is 946. The Morgan fingerprint density at radius 3 is 1.27 bits per heavy atom. The Kier molecular flexibility index (Phi) is 7.58. The number of hydrogen-bond donors (Lipinski definition) is 2. The Balaban J connectivity index is 4.47. The van der Waals surface area contributed by atoms with Crippen LogP contribution < -0.4 is 0 Å². The van der Waals surface area contributed by atoms with E-state index in [2.05, 4.69) is 0 Å². The fourth-order valence-electron chi connectivity index (χ4n) is 2.17. The molecule has 1 heterocycles. The molecule has 33 heavy (non-hydrogen) atoms. The van der Waals surface area contributed by atoms with Gasteiger partial charge in [-0.25, -0.2) is 0 Å². The van der Waals surface area contributed by atoms with Crippen LogP contribution in [0.3, 0.4) is 0 Å². The van der Waals surface area contributed by atoms with Crippen molar-refractivity contribution in [1.29, 1.82) is 0 Å². The molecular formula is C11H2F12I2N2O6. The lowest BCUT2D eigenvalue weighted by molar-refractivity contribution is -0.421. The predicted octanol–water partition coefficient (Wildman–Crippen LogP) is 4.27. The van der Waals surface area contributed by atoms with Crippen LogP contribution in [0.2, 0.25) is 0 Å². The van der Waals surface area contributed by atoms with Crippen LogP contribution in [0.5, 0.6) is 0 Å².